The quantitative estimate of drug-likeness (QED) is 0.835. The molecule has 2 saturated carbocycles. The van der Waals surface area contributed by atoms with Gasteiger partial charge >= 0.3 is 0 Å². The average molecular weight is 364 g/mol. The lowest BCUT2D eigenvalue weighted by atomic mass is 9.74. The van der Waals surface area contributed by atoms with Gasteiger partial charge in [-0.25, -0.2) is 0 Å². The molecule has 0 bridgehead atoms. The monoisotopic (exact) mass is 363 g/mol. The lowest BCUT2D eigenvalue weighted by Gasteiger charge is -2.42. The van der Waals surface area contributed by atoms with Crippen LogP contribution in [0.3, 0.4) is 0 Å². The highest BCUT2D eigenvalue weighted by atomic mass is 16.2. The summed E-state index contributed by atoms with van der Waals surface area (Å²) in [6, 6.07) is 0. The molecule has 2 aliphatic carbocycles. The first-order valence-corrected chi connectivity index (χ1v) is 10.8. The second-order valence-electron chi connectivity index (χ2n) is 9.05. The van der Waals surface area contributed by atoms with Gasteiger partial charge in [0, 0.05) is 38.1 Å². The Labute approximate surface area is 158 Å². The van der Waals surface area contributed by atoms with Gasteiger partial charge in [-0.05, 0) is 32.1 Å². The van der Waals surface area contributed by atoms with Crippen LogP contribution in [-0.2, 0) is 9.59 Å². The lowest BCUT2D eigenvalue weighted by molar-refractivity contribution is -0.144. The molecule has 0 aromatic carbocycles. The van der Waals surface area contributed by atoms with E-state index in [4.69, 9.17) is 5.73 Å². The maximum Gasteiger partial charge on any atom is 0.227 e. The maximum atomic E-state index is 12.9. The van der Waals surface area contributed by atoms with E-state index in [0.29, 0.717) is 32.6 Å². The molecule has 1 heterocycles. The van der Waals surface area contributed by atoms with Crippen molar-refractivity contribution in [3.63, 3.8) is 0 Å². The zero-order valence-electron chi connectivity index (χ0n) is 16.5. The summed E-state index contributed by atoms with van der Waals surface area (Å²) in [6.07, 6.45) is 12.4. The SMILES string of the molecule is CC1(N)CCCCC1C(=O)N1CCN(C(=O)CCC2CCCCC2)CC1. The summed E-state index contributed by atoms with van der Waals surface area (Å²) < 4.78 is 0. The molecule has 2 atom stereocenters. The highest BCUT2D eigenvalue weighted by Gasteiger charge is 2.40. The Morgan fingerprint density at radius 3 is 2.19 bits per heavy atom. The molecule has 2 N–H and O–H groups in total. The minimum Gasteiger partial charge on any atom is -0.339 e. The van der Waals surface area contributed by atoms with Crippen molar-refractivity contribution in [2.24, 2.45) is 17.6 Å². The molecule has 26 heavy (non-hydrogen) atoms. The molecule has 3 fully saturated rings. The second-order valence-corrected chi connectivity index (χ2v) is 9.05. The van der Waals surface area contributed by atoms with Gasteiger partial charge in [0.1, 0.15) is 0 Å². The molecule has 2 unspecified atom stereocenters. The summed E-state index contributed by atoms with van der Waals surface area (Å²) in [5, 5.41) is 0. The van der Waals surface area contributed by atoms with Gasteiger partial charge in [0.25, 0.3) is 0 Å². The number of nitrogens with two attached hydrogens (primary N) is 1. The van der Waals surface area contributed by atoms with Crippen LogP contribution in [-0.4, -0.2) is 53.3 Å². The van der Waals surface area contributed by atoms with Crippen molar-refractivity contribution in [1.29, 1.82) is 0 Å². The molecule has 3 aliphatic rings. The number of carbonyl (C=O) groups excluding carboxylic acids is 2. The number of amides is 2. The minimum atomic E-state index is -0.373. The molecule has 1 aliphatic heterocycles. The van der Waals surface area contributed by atoms with E-state index in [-0.39, 0.29) is 23.3 Å². The summed E-state index contributed by atoms with van der Waals surface area (Å²) in [5.74, 6) is 1.20. The van der Waals surface area contributed by atoms with E-state index in [1.165, 1.54) is 32.1 Å². The highest BCUT2D eigenvalue weighted by molar-refractivity contribution is 5.81. The Hall–Kier alpha value is -1.10. The van der Waals surface area contributed by atoms with Gasteiger partial charge in [-0.15, -0.1) is 0 Å². The molecule has 0 radical (unpaired) electrons. The van der Waals surface area contributed by atoms with Crippen LogP contribution < -0.4 is 5.73 Å². The van der Waals surface area contributed by atoms with Crippen molar-refractivity contribution in [2.45, 2.75) is 83.1 Å². The fourth-order valence-electron chi connectivity index (χ4n) is 5.12. The Morgan fingerprint density at radius 1 is 0.923 bits per heavy atom. The van der Waals surface area contributed by atoms with Crippen molar-refractivity contribution >= 4 is 11.8 Å². The van der Waals surface area contributed by atoms with Gasteiger partial charge in [-0.2, -0.15) is 0 Å². The lowest BCUT2D eigenvalue weighted by Crippen LogP contribution is -2.57. The second kappa shape index (κ2) is 8.73. The fourth-order valence-corrected chi connectivity index (χ4v) is 5.12. The third-order valence-corrected chi connectivity index (χ3v) is 6.99. The molecular formula is C21H37N3O2. The van der Waals surface area contributed by atoms with E-state index < -0.39 is 0 Å². The first kappa shape index (κ1) is 19.7. The fraction of sp³-hybridized carbons (Fsp3) is 0.905. The zero-order valence-corrected chi connectivity index (χ0v) is 16.5. The van der Waals surface area contributed by atoms with E-state index in [1.807, 2.05) is 16.7 Å². The Morgan fingerprint density at radius 2 is 1.54 bits per heavy atom. The van der Waals surface area contributed by atoms with Gasteiger partial charge in [-0.3, -0.25) is 9.59 Å². The molecule has 1 saturated heterocycles. The van der Waals surface area contributed by atoms with Crippen molar-refractivity contribution in [3.8, 4) is 0 Å². The molecule has 2 amide bonds. The van der Waals surface area contributed by atoms with Crippen LogP contribution in [0.25, 0.3) is 0 Å². The van der Waals surface area contributed by atoms with E-state index in [2.05, 4.69) is 0 Å². The largest absolute Gasteiger partial charge is 0.339 e. The summed E-state index contributed by atoms with van der Waals surface area (Å²) in [6.45, 7) is 4.73. The van der Waals surface area contributed by atoms with Gasteiger partial charge in [0.05, 0.1) is 5.92 Å². The number of nitrogens with zero attached hydrogens (tertiary/aromatic N) is 2. The Bertz CT molecular complexity index is 491. The third kappa shape index (κ3) is 4.79. The predicted molar refractivity (Wildman–Crippen MR) is 104 cm³/mol. The highest BCUT2D eigenvalue weighted by Crippen LogP contribution is 2.33. The van der Waals surface area contributed by atoms with Crippen LogP contribution in [0.4, 0.5) is 0 Å². The van der Waals surface area contributed by atoms with Crippen LogP contribution in [0.5, 0.6) is 0 Å². The number of hydrogen-bond acceptors (Lipinski definition) is 3. The average Bonchev–Trinajstić information content (AvgIpc) is 2.66. The normalized spacial score (nSPS) is 31.1. The maximum absolute atomic E-state index is 12.9. The van der Waals surface area contributed by atoms with Crippen LogP contribution in [0.1, 0.15) is 77.6 Å². The number of rotatable bonds is 4. The van der Waals surface area contributed by atoms with Gasteiger partial charge in [-0.1, -0.05) is 44.9 Å². The molecule has 0 aromatic rings. The number of piperazine rings is 1. The first-order valence-electron chi connectivity index (χ1n) is 10.8. The molecule has 148 valence electrons. The van der Waals surface area contributed by atoms with E-state index in [0.717, 1.165) is 38.0 Å². The Kier molecular flexibility index (Phi) is 6.60. The van der Waals surface area contributed by atoms with Crippen LogP contribution in [0.2, 0.25) is 0 Å². The molecule has 0 spiro atoms. The third-order valence-electron chi connectivity index (χ3n) is 6.99. The summed E-state index contributed by atoms with van der Waals surface area (Å²) >= 11 is 0. The van der Waals surface area contributed by atoms with Gasteiger partial charge in [0.2, 0.25) is 11.8 Å². The first-order chi connectivity index (χ1) is 12.5. The molecule has 3 rings (SSSR count). The van der Waals surface area contributed by atoms with E-state index >= 15 is 0 Å². The summed E-state index contributed by atoms with van der Waals surface area (Å²) in [4.78, 5) is 29.4. The predicted octanol–water partition coefficient (Wildman–Crippen LogP) is 2.93. The minimum absolute atomic E-state index is 0.0511. The van der Waals surface area contributed by atoms with E-state index in [1.54, 1.807) is 0 Å². The number of carbonyl (C=O) groups is 2. The van der Waals surface area contributed by atoms with Crippen molar-refractivity contribution < 1.29 is 9.59 Å². The van der Waals surface area contributed by atoms with Gasteiger partial charge in [0.15, 0.2) is 0 Å². The van der Waals surface area contributed by atoms with Crippen molar-refractivity contribution in [1.82, 2.24) is 9.80 Å². The van der Waals surface area contributed by atoms with Gasteiger partial charge < -0.3 is 15.5 Å². The Balaban J connectivity index is 1.43. The molecular weight excluding hydrogens is 326 g/mol. The molecule has 5 heteroatoms. The smallest absolute Gasteiger partial charge is 0.227 e. The topological polar surface area (TPSA) is 66.6 Å². The standard InChI is InChI=1S/C21H37N3O2/c1-21(22)12-6-5-9-18(21)20(26)24-15-13-23(14-16-24)19(25)11-10-17-7-3-2-4-8-17/h17-18H,2-16,22H2,1H3. The summed E-state index contributed by atoms with van der Waals surface area (Å²) in [7, 11) is 0. The summed E-state index contributed by atoms with van der Waals surface area (Å²) in [5.41, 5.74) is 6.03. The van der Waals surface area contributed by atoms with Crippen LogP contribution in [0.15, 0.2) is 0 Å². The van der Waals surface area contributed by atoms with E-state index in [9.17, 15) is 9.59 Å². The van der Waals surface area contributed by atoms with Crippen LogP contribution >= 0.6 is 0 Å². The van der Waals surface area contributed by atoms with Crippen LogP contribution in [0, 0.1) is 11.8 Å². The number of hydrogen-bond donors (Lipinski definition) is 1. The molecule has 0 aromatic heterocycles. The van der Waals surface area contributed by atoms with Crippen molar-refractivity contribution in [3.05, 3.63) is 0 Å². The van der Waals surface area contributed by atoms with Crippen molar-refractivity contribution in [2.75, 3.05) is 26.2 Å². The zero-order chi connectivity index (χ0) is 18.6. The molecule has 5 nitrogen and oxygen atoms in total.